The highest BCUT2D eigenvalue weighted by Crippen LogP contribution is 2.25. The molecule has 18 heavy (non-hydrogen) atoms. The molecule has 3 N–H and O–H groups in total. The van der Waals surface area contributed by atoms with Crippen molar-refractivity contribution in [3.8, 4) is 0 Å². The molecule has 0 aliphatic heterocycles. The third kappa shape index (κ3) is 3.06. The zero-order valence-electron chi connectivity index (χ0n) is 9.02. The van der Waals surface area contributed by atoms with Crippen molar-refractivity contribution in [2.75, 3.05) is 5.32 Å². The summed E-state index contributed by atoms with van der Waals surface area (Å²) in [6, 6.07) is 7.23. The van der Waals surface area contributed by atoms with Crippen LogP contribution in [0, 0.1) is 3.57 Å². The zero-order chi connectivity index (χ0) is 13.1. The molecule has 0 unspecified atom stereocenters. The van der Waals surface area contributed by atoms with Crippen LogP contribution in [0.2, 0.25) is 5.02 Å². The molecule has 2 rings (SSSR count). The van der Waals surface area contributed by atoms with Crippen molar-refractivity contribution in [2.24, 2.45) is 5.73 Å². The highest BCUT2D eigenvalue weighted by molar-refractivity contribution is 14.1. The third-order valence-corrected chi connectivity index (χ3v) is 3.52. The van der Waals surface area contributed by atoms with Gasteiger partial charge in [-0.25, -0.2) is 0 Å². The summed E-state index contributed by atoms with van der Waals surface area (Å²) in [5, 5.41) is 11.6. The average molecular weight is 391 g/mol. The van der Waals surface area contributed by atoms with Gasteiger partial charge in [-0.15, -0.1) is 5.10 Å². The number of hydrogen-bond acceptors (Lipinski definition) is 4. The Labute approximate surface area is 128 Å². The van der Waals surface area contributed by atoms with Crippen LogP contribution in [0.1, 0.15) is 5.56 Å². The Morgan fingerprint density at radius 1 is 1.39 bits per heavy atom. The van der Waals surface area contributed by atoms with E-state index in [4.69, 9.17) is 29.6 Å². The first kappa shape index (κ1) is 13.4. The Bertz CT molecular complexity index is 605. The van der Waals surface area contributed by atoms with Crippen molar-refractivity contribution < 1.29 is 0 Å². The SMILES string of the molecule is NC(=S)c1ccnnc1Nc1ccc(Cl)cc1I. The minimum Gasteiger partial charge on any atom is -0.389 e. The van der Waals surface area contributed by atoms with Crippen LogP contribution in [-0.4, -0.2) is 15.2 Å². The fraction of sp³-hybridized carbons (Fsp3) is 0. The second kappa shape index (κ2) is 5.77. The van der Waals surface area contributed by atoms with Crippen molar-refractivity contribution in [2.45, 2.75) is 0 Å². The number of nitrogens with zero attached hydrogens (tertiary/aromatic N) is 2. The van der Waals surface area contributed by atoms with Crippen LogP contribution in [0.5, 0.6) is 0 Å². The molecule has 0 amide bonds. The van der Waals surface area contributed by atoms with Gasteiger partial charge >= 0.3 is 0 Å². The molecule has 0 atom stereocenters. The average Bonchev–Trinajstić information content (AvgIpc) is 2.33. The molecule has 0 saturated carbocycles. The van der Waals surface area contributed by atoms with Crippen LogP contribution in [0.15, 0.2) is 30.5 Å². The highest BCUT2D eigenvalue weighted by Gasteiger charge is 2.08. The fourth-order valence-corrected chi connectivity index (χ4v) is 2.51. The molecule has 7 heteroatoms. The van der Waals surface area contributed by atoms with Gasteiger partial charge in [-0.2, -0.15) is 5.10 Å². The molecule has 0 saturated heterocycles. The minimum absolute atomic E-state index is 0.274. The normalized spacial score (nSPS) is 10.1. The summed E-state index contributed by atoms with van der Waals surface area (Å²) >= 11 is 13.0. The number of anilines is 2. The molecule has 1 heterocycles. The molecule has 0 fully saturated rings. The van der Waals surface area contributed by atoms with Crippen LogP contribution in [0.25, 0.3) is 0 Å². The van der Waals surface area contributed by atoms with E-state index in [1.165, 1.54) is 0 Å². The zero-order valence-corrected chi connectivity index (χ0v) is 12.8. The lowest BCUT2D eigenvalue weighted by molar-refractivity contribution is 1.03. The molecule has 1 aromatic heterocycles. The summed E-state index contributed by atoms with van der Waals surface area (Å²) in [7, 11) is 0. The van der Waals surface area contributed by atoms with E-state index in [2.05, 4.69) is 38.1 Å². The van der Waals surface area contributed by atoms with E-state index >= 15 is 0 Å². The summed E-state index contributed by atoms with van der Waals surface area (Å²) in [4.78, 5) is 0.274. The topological polar surface area (TPSA) is 63.8 Å². The number of nitrogens with two attached hydrogens (primary N) is 1. The van der Waals surface area contributed by atoms with Gasteiger partial charge in [0.05, 0.1) is 17.4 Å². The lowest BCUT2D eigenvalue weighted by atomic mass is 10.2. The predicted molar refractivity (Wildman–Crippen MR) is 85.4 cm³/mol. The van der Waals surface area contributed by atoms with Crippen molar-refractivity contribution in [1.82, 2.24) is 10.2 Å². The van der Waals surface area contributed by atoms with Crippen molar-refractivity contribution in [1.29, 1.82) is 0 Å². The van der Waals surface area contributed by atoms with Crippen LogP contribution in [0.3, 0.4) is 0 Å². The largest absolute Gasteiger partial charge is 0.389 e. The lowest BCUT2D eigenvalue weighted by Gasteiger charge is -2.10. The van der Waals surface area contributed by atoms with E-state index in [9.17, 15) is 0 Å². The minimum atomic E-state index is 0.274. The third-order valence-electron chi connectivity index (χ3n) is 2.17. The van der Waals surface area contributed by atoms with Crippen molar-refractivity contribution >= 4 is 62.9 Å². The number of benzene rings is 1. The maximum atomic E-state index is 5.90. The molecule has 2 aromatic rings. The van der Waals surface area contributed by atoms with Gasteiger partial charge in [-0.1, -0.05) is 23.8 Å². The first-order chi connectivity index (χ1) is 8.58. The van der Waals surface area contributed by atoms with E-state index in [0.29, 0.717) is 16.4 Å². The molecule has 1 aromatic carbocycles. The first-order valence-electron chi connectivity index (χ1n) is 4.91. The van der Waals surface area contributed by atoms with Crippen LogP contribution in [0.4, 0.5) is 11.5 Å². The Hall–Kier alpha value is -0.990. The summed E-state index contributed by atoms with van der Waals surface area (Å²) in [5.74, 6) is 0.533. The quantitative estimate of drug-likeness (QED) is 0.623. The maximum absolute atomic E-state index is 5.90. The van der Waals surface area contributed by atoms with E-state index in [1.807, 2.05) is 12.1 Å². The Morgan fingerprint density at radius 2 is 2.17 bits per heavy atom. The second-order valence-corrected chi connectivity index (χ2v) is 5.45. The summed E-state index contributed by atoms with van der Waals surface area (Å²) in [6.07, 6.45) is 1.55. The number of rotatable bonds is 3. The number of aromatic nitrogens is 2. The smallest absolute Gasteiger partial charge is 0.163 e. The number of thiocarbonyl (C=S) groups is 1. The van der Waals surface area contributed by atoms with Gasteiger partial charge in [0.2, 0.25) is 0 Å². The molecule has 0 aliphatic carbocycles. The summed E-state index contributed by atoms with van der Waals surface area (Å²) < 4.78 is 0.972. The van der Waals surface area contributed by atoms with Crippen LogP contribution >= 0.6 is 46.4 Å². The monoisotopic (exact) mass is 390 g/mol. The molecule has 0 radical (unpaired) electrons. The molecule has 0 bridgehead atoms. The van der Waals surface area contributed by atoms with Gasteiger partial charge in [0.1, 0.15) is 4.99 Å². The van der Waals surface area contributed by atoms with Crippen LogP contribution in [-0.2, 0) is 0 Å². The van der Waals surface area contributed by atoms with E-state index in [1.54, 1.807) is 18.3 Å². The van der Waals surface area contributed by atoms with Crippen molar-refractivity contribution in [3.63, 3.8) is 0 Å². The first-order valence-corrected chi connectivity index (χ1v) is 6.78. The summed E-state index contributed by atoms with van der Waals surface area (Å²) in [5.41, 5.74) is 7.16. The maximum Gasteiger partial charge on any atom is 0.163 e. The van der Waals surface area contributed by atoms with E-state index in [-0.39, 0.29) is 4.99 Å². The molecule has 92 valence electrons. The fourth-order valence-electron chi connectivity index (χ4n) is 1.34. The van der Waals surface area contributed by atoms with Crippen LogP contribution < -0.4 is 11.1 Å². The standard InChI is InChI=1S/C11H8ClIN4S/c12-6-1-2-9(8(13)5-6)16-11-7(10(14)18)3-4-15-17-11/h1-5H,(H2,14,18)(H,16,17). The Morgan fingerprint density at radius 3 is 2.83 bits per heavy atom. The van der Waals surface area contributed by atoms with Gasteiger partial charge in [0.15, 0.2) is 5.82 Å². The Kier molecular flexibility index (Phi) is 4.31. The molecular formula is C11H8ClIN4S. The predicted octanol–water partition coefficient (Wildman–Crippen LogP) is 3.11. The number of nitrogens with one attached hydrogen (secondary N) is 1. The lowest BCUT2D eigenvalue weighted by Crippen LogP contribution is -2.13. The van der Waals surface area contributed by atoms with E-state index in [0.717, 1.165) is 9.26 Å². The molecular weight excluding hydrogens is 383 g/mol. The van der Waals surface area contributed by atoms with Gasteiger partial charge in [-0.05, 0) is 46.9 Å². The molecule has 0 spiro atoms. The molecule has 4 nitrogen and oxygen atoms in total. The second-order valence-electron chi connectivity index (χ2n) is 3.41. The number of halogens is 2. The van der Waals surface area contributed by atoms with Gasteiger partial charge < -0.3 is 11.1 Å². The van der Waals surface area contributed by atoms with Gasteiger partial charge in [0.25, 0.3) is 0 Å². The van der Waals surface area contributed by atoms with Gasteiger partial charge in [-0.3, -0.25) is 0 Å². The Balaban J connectivity index is 2.37. The van der Waals surface area contributed by atoms with Crippen molar-refractivity contribution in [3.05, 3.63) is 44.6 Å². The highest BCUT2D eigenvalue weighted by atomic mass is 127. The summed E-state index contributed by atoms with van der Waals surface area (Å²) in [6.45, 7) is 0. The number of hydrogen-bond donors (Lipinski definition) is 2. The van der Waals surface area contributed by atoms with E-state index < -0.39 is 0 Å². The molecule has 0 aliphatic rings. The van der Waals surface area contributed by atoms with Gasteiger partial charge in [0, 0.05) is 8.59 Å².